The second-order valence-corrected chi connectivity index (χ2v) is 3.08. The zero-order chi connectivity index (χ0) is 14.0. The normalized spacial score (nSPS) is 12.9. The van der Waals surface area contributed by atoms with Crippen molar-refractivity contribution in [3.63, 3.8) is 0 Å². The van der Waals surface area contributed by atoms with Gasteiger partial charge in [0, 0.05) is 6.42 Å². The van der Waals surface area contributed by atoms with Crippen LogP contribution in [0, 0.1) is 0 Å². The van der Waals surface area contributed by atoms with Gasteiger partial charge in [0.05, 0.1) is 6.61 Å². The number of nitrogens with two attached hydrogens (primary N) is 3. The summed E-state index contributed by atoms with van der Waals surface area (Å²) >= 11 is 0. The number of carboxylic acid groups (broad SMARTS) is 2. The minimum atomic E-state index is -1.18. The highest BCUT2D eigenvalue weighted by molar-refractivity contribution is 5.77. The molecule has 0 aliphatic carbocycles. The molecule has 1 amide bonds. The minimum Gasteiger partial charge on any atom is -0.480 e. The van der Waals surface area contributed by atoms with E-state index >= 15 is 0 Å². The van der Waals surface area contributed by atoms with E-state index in [0.29, 0.717) is 0 Å². The summed E-state index contributed by atoms with van der Waals surface area (Å²) < 4.78 is 0. The smallest absolute Gasteiger partial charge is 0.322 e. The van der Waals surface area contributed by atoms with Gasteiger partial charge >= 0.3 is 11.9 Å². The van der Waals surface area contributed by atoms with Gasteiger partial charge in [0.25, 0.3) is 0 Å². The Kier molecular flexibility index (Phi) is 9.89. The Labute approximate surface area is 97.2 Å². The van der Waals surface area contributed by atoms with Crippen LogP contribution in [0.25, 0.3) is 0 Å². The van der Waals surface area contributed by atoms with Crippen molar-refractivity contribution < 1.29 is 29.7 Å². The van der Waals surface area contributed by atoms with Gasteiger partial charge in [0.1, 0.15) is 12.1 Å². The van der Waals surface area contributed by atoms with Gasteiger partial charge < -0.3 is 32.5 Å². The Bertz CT molecular complexity index is 270. The SMILES string of the molecule is NC(=O)CC[C@@H](N)C(=O)O.N[C@@H](CO)C(=O)O. The van der Waals surface area contributed by atoms with Crippen molar-refractivity contribution in [2.45, 2.75) is 24.9 Å². The number of aliphatic hydroxyl groups excluding tert-OH is 1. The second kappa shape index (κ2) is 9.51. The first-order valence-electron chi connectivity index (χ1n) is 4.58. The van der Waals surface area contributed by atoms with E-state index in [1.807, 2.05) is 0 Å². The highest BCUT2D eigenvalue weighted by Crippen LogP contribution is 1.92. The molecule has 0 aliphatic heterocycles. The highest BCUT2D eigenvalue weighted by atomic mass is 16.4. The molecule has 0 aromatic rings. The van der Waals surface area contributed by atoms with Gasteiger partial charge in [-0.05, 0) is 6.42 Å². The Hall–Kier alpha value is -1.71. The van der Waals surface area contributed by atoms with Crippen molar-refractivity contribution in [1.29, 1.82) is 0 Å². The van der Waals surface area contributed by atoms with E-state index in [1.54, 1.807) is 0 Å². The molecule has 0 rings (SSSR count). The van der Waals surface area contributed by atoms with Gasteiger partial charge in [-0.2, -0.15) is 0 Å². The van der Waals surface area contributed by atoms with Crippen LogP contribution in [-0.2, 0) is 14.4 Å². The molecule has 0 spiro atoms. The average Bonchev–Trinajstić information content (AvgIpc) is 2.24. The average molecular weight is 251 g/mol. The molecule has 0 bridgehead atoms. The van der Waals surface area contributed by atoms with E-state index in [2.05, 4.69) is 0 Å². The molecule has 0 heterocycles. The molecule has 100 valence electrons. The van der Waals surface area contributed by atoms with E-state index in [-0.39, 0.29) is 12.8 Å². The van der Waals surface area contributed by atoms with Crippen molar-refractivity contribution in [3.8, 4) is 0 Å². The van der Waals surface area contributed by atoms with Crippen molar-refractivity contribution in [3.05, 3.63) is 0 Å². The van der Waals surface area contributed by atoms with Gasteiger partial charge in [-0.1, -0.05) is 0 Å². The second-order valence-electron chi connectivity index (χ2n) is 3.08. The molecule has 2 atom stereocenters. The van der Waals surface area contributed by atoms with Gasteiger partial charge in [-0.25, -0.2) is 0 Å². The molecular weight excluding hydrogens is 234 g/mol. The third-order valence-corrected chi connectivity index (χ3v) is 1.53. The molecule has 0 aromatic carbocycles. The van der Waals surface area contributed by atoms with Crippen LogP contribution < -0.4 is 17.2 Å². The summed E-state index contributed by atoms with van der Waals surface area (Å²) in [5, 5.41) is 24.1. The van der Waals surface area contributed by atoms with E-state index in [4.69, 9.17) is 32.5 Å². The number of rotatable bonds is 6. The lowest BCUT2D eigenvalue weighted by Gasteiger charge is -2.01. The lowest BCUT2D eigenvalue weighted by molar-refractivity contribution is -0.140. The fourth-order valence-corrected chi connectivity index (χ4v) is 0.499. The molecular formula is C8H17N3O6. The molecule has 0 saturated heterocycles. The van der Waals surface area contributed by atoms with Crippen LogP contribution in [-0.4, -0.2) is 51.9 Å². The van der Waals surface area contributed by atoms with Crippen LogP contribution in [0.5, 0.6) is 0 Å². The maximum atomic E-state index is 10.1. The first-order chi connectivity index (χ1) is 7.72. The fraction of sp³-hybridized carbons (Fsp3) is 0.625. The summed E-state index contributed by atoms with van der Waals surface area (Å²) in [7, 11) is 0. The van der Waals surface area contributed by atoms with Crippen molar-refractivity contribution in [2.75, 3.05) is 6.61 Å². The van der Waals surface area contributed by atoms with E-state index in [1.165, 1.54) is 0 Å². The summed E-state index contributed by atoms with van der Waals surface area (Å²) in [5.41, 5.74) is 14.6. The molecule has 0 aromatic heterocycles. The van der Waals surface area contributed by atoms with Gasteiger partial charge in [-0.15, -0.1) is 0 Å². The Morgan fingerprint density at radius 3 is 1.59 bits per heavy atom. The Balaban J connectivity index is 0. The molecule has 0 saturated carbocycles. The molecule has 9 nitrogen and oxygen atoms in total. The van der Waals surface area contributed by atoms with Crippen LogP contribution in [0.2, 0.25) is 0 Å². The summed E-state index contributed by atoms with van der Waals surface area (Å²) in [5.74, 6) is -2.82. The zero-order valence-electron chi connectivity index (χ0n) is 9.07. The van der Waals surface area contributed by atoms with Crippen LogP contribution in [0.15, 0.2) is 0 Å². The molecule has 17 heavy (non-hydrogen) atoms. The van der Waals surface area contributed by atoms with E-state index in [0.717, 1.165) is 0 Å². The number of carbonyl (C=O) groups is 3. The van der Waals surface area contributed by atoms with Gasteiger partial charge in [-0.3, -0.25) is 14.4 Å². The summed E-state index contributed by atoms with van der Waals surface area (Å²) in [6.07, 6.45) is 0.123. The number of amides is 1. The molecule has 0 radical (unpaired) electrons. The summed E-state index contributed by atoms with van der Waals surface area (Å²) in [6.45, 7) is -0.505. The number of hydrogen-bond donors (Lipinski definition) is 6. The maximum absolute atomic E-state index is 10.1. The molecule has 9 heteroatoms. The molecule has 0 fully saturated rings. The topological polar surface area (TPSA) is 190 Å². The third-order valence-electron chi connectivity index (χ3n) is 1.53. The van der Waals surface area contributed by atoms with Gasteiger partial charge in [0.15, 0.2) is 0 Å². The summed E-state index contributed by atoms with van der Waals surface area (Å²) in [6, 6.07) is -2.10. The first kappa shape index (κ1) is 17.7. The number of carboxylic acids is 2. The predicted molar refractivity (Wildman–Crippen MR) is 56.7 cm³/mol. The van der Waals surface area contributed by atoms with Crippen molar-refractivity contribution in [2.24, 2.45) is 17.2 Å². The van der Waals surface area contributed by atoms with Crippen LogP contribution in [0.4, 0.5) is 0 Å². The monoisotopic (exact) mass is 251 g/mol. The predicted octanol–water partition coefficient (Wildman–Crippen LogP) is -2.95. The van der Waals surface area contributed by atoms with Gasteiger partial charge in [0.2, 0.25) is 5.91 Å². The molecule has 0 unspecified atom stereocenters. The van der Waals surface area contributed by atoms with Crippen molar-refractivity contribution in [1.82, 2.24) is 0 Å². The van der Waals surface area contributed by atoms with Crippen LogP contribution in [0.3, 0.4) is 0 Å². The minimum absolute atomic E-state index is 0.0213. The Morgan fingerprint density at radius 1 is 1.00 bits per heavy atom. The van der Waals surface area contributed by atoms with Crippen LogP contribution in [0.1, 0.15) is 12.8 Å². The third kappa shape index (κ3) is 12.2. The molecule has 0 aliphatic rings. The summed E-state index contributed by atoms with van der Waals surface area (Å²) in [4.78, 5) is 29.8. The van der Waals surface area contributed by atoms with Crippen molar-refractivity contribution >= 4 is 17.8 Å². The number of primary amides is 1. The largest absolute Gasteiger partial charge is 0.480 e. The number of carbonyl (C=O) groups excluding carboxylic acids is 1. The van der Waals surface area contributed by atoms with E-state index in [9.17, 15) is 14.4 Å². The highest BCUT2D eigenvalue weighted by Gasteiger charge is 2.11. The first-order valence-corrected chi connectivity index (χ1v) is 4.58. The fourth-order valence-electron chi connectivity index (χ4n) is 0.499. The number of aliphatic hydroxyl groups is 1. The zero-order valence-corrected chi connectivity index (χ0v) is 9.07. The Morgan fingerprint density at radius 2 is 1.41 bits per heavy atom. The lowest BCUT2D eigenvalue weighted by Crippen LogP contribution is -2.33. The number of hydrogen-bond acceptors (Lipinski definition) is 6. The quantitative estimate of drug-likeness (QED) is 0.288. The van der Waals surface area contributed by atoms with Crippen LogP contribution >= 0.6 is 0 Å². The number of aliphatic carboxylic acids is 2. The maximum Gasteiger partial charge on any atom is 0.322 e. The standard InChI is InChI=1S/C5H10N2O3.C3H7NO3/c6-3(5(9)10)1-2-4(7)8;4-2(1-5)3(6)7/h3H,1-2,6H2,(H2,7,8)(H,9,10);2,5H,1,4H2,(H,6,7)/t3-;2-/m10/s1. The van der Waals surface area contributed by atoms with E-state index < -0.39 is 36.5 Å². The molecule has 9 N–H and O–H groups in total. The lowest BCUT2D eigenvalue weighted by atomic mass is 10.2.